The Bertz CT molecular complexity index is 447. The first-order valence-electron chi connectivity index (χ1n) is 4.42. The number of nitrogens with one attached hydrogen (secondary N) is 1. The molecule has 0 aromatic heterocycles. The highest BCUT2D eigenvalue weighted by Crippen LogP contribution is 2.21. The van der Waals surface area contributed by atoms with Crippen LogP contribution in [0.2, 0.25) is 5.02 Å². The van der Waals surface area contributed by atoms with Crippen molar-refractivity contribution in [3.05, 3.63) is 29.0 Å². The van der Waals surface area contributed by atoms with Crippen molar-refractivity contribution in [3.63, 3.8) is 0 Å². The van der Waals surface area contributed by atoms with E-state index in [4.69, 9.17) is 11.6 Å². The monoisotopic (exact) mass is 251 g/mol. The second-order valence-corrected chi connectivity index (χ2v) is 5.12. The summed E-state index contributed by atoms with van der Waals surface area (Å²) in [6.45, 7) is 2.17. The lowest BCUT2D eigenvalue weighted by Crippen LogP contribution is -2.24. The lowest BCUT2D eigenvalue weighted by molar-refractivity contribution is 0.580. The Balaban J connectivity index is 3.05. The highest BCUT2D eigenvalue weighted by molar-refractivity contribution is 7.89. The normalized spacial score (nSPS) is 11.7. The maximum Gasteiger partial charge on any atom is 0.242 e. The summed E-state index contributed by atoms with van der Waals surface area (Å²) in [6.07, 6.45) is 0.679. The minimum absolute atomic E-state index is 0.0981. The first-order valence-corrected chi connectivity index (χ1v) is 6.28. The van der Waals surface area contributed by atoms with Gasteiger partial charge in [0, 0.05) is 6.54 Å². The second-order valence-electron chi connectivity index (χ2n) is 2.97. The van der Waals surface area contributed by atoms with Crippen molar-refractivity contribution in [3.8, 4) is 0 Å². The number of hydrogen-bond donors (Lipinski definition) is 1. The summed E-state index contributed by atoms with van der Waals surface area (Å²) >= 11 is 5.63. The average molecular weight is 252 g/mol. The third-order valence-electron chi connectivity index (χ3n) is 1.73. The molecule has 6 heteroatoms. The molecule has 3 nitrogen and oxygen atoms in total. The molecular weight excluding hydrogens is 241 g/mol. The van der Waals surface area contributed by atoms with E-state index >= 15 is 0 Å². The van der Waals surface area contributed by atoms with E-state index in [1.165, 1.54) is 0 Å². The van der Waals surface area contributed by atoms with Gasteiger partial charge in [-0.3, -0.25) is 0 Å². The summed E-state index contributed by atoms with van der Waals surface area (Å²) < 4.78 is 38.2. The number of sulfonamides is 1. The summed E-state index contributed by atoms with van der Waals surface area (Å²) in [5.41, 5.74) is 0. The van der Waals surface area contributed by atoms with Crippen LogP contribution in [0.25, 0.3) is 0 Å². The van der Waals surface area contributed by atoms with Crippen LogP contribution in [0, 0.1) is 5.82 Å². The molecule has 1 N–H and O–H groups in total. The number of benzene rings is 1. The van der Waals surface area contributed by atoms with Gasteiger partial charge in [-0.05, 0) is 24.6 Å². The maximum atomic E-state index is 12.7. The van der Waals surface area contributed by atoms with Gasteiger partial charge in [0.1, 0.15) is 10.7 Å². The lowest BCUT2D eigenvalue weighted by atomic mass is 10.3. The van der Waals surface area contributed by atoms with Crippen LogP contribution in [-0.2, 0) is 10.0 Å². The molecule has 0 heterocycles. The van der Waals surface area contributed by atoms with Gasteiger partial charge in [0.05, 0.1) is 5.02 Å². The van der Waals surface area contributed by atoms with E-state index in [0.717, 1.165) is 18.2 Å². The predicted molar refractivity (Wildman–Crippen MR) is 56.9 cm³/mol. The molecule has 84 valence electrons. The van der Waals surface area contributed by atoms with E-state index in [9.17, 15) is 12.8 Å². The largest absolute Gasteiger partial charge is 0.242 e. The summed E-state index contributed by atoms with van der Waals surface area (Å²) in [4.78, 5) is -0.0981. The highest BCUT2D eigenvalue weighted by Gasteiger charge is 2.17. The van der Waals surface area contributed by atoms with E-state index < -0.39 is 15.8 Å². The minimum atomic E-state index is -3.62. The molecule has 0 amide bonds. The van der Waals surface area contributed by atoms with Crippen molar-refractivity contribution in [1.29, 1.82) is 0 Å². The summed E-state index contributed by atoms with van der Waals surface area (Å²) in [5.74, 6) is -0.561. The van der Waals surface area contributed by atoms with Gasteiger partial charge >= 0.3 is 0 Å². The van der Waals surface area contributed by atoms with Crippen molar-refractivity contribution in [2.45, 2.75) is 18.2 Å². The smallest absolute Gasteiger partial charge is 0.211 e. The third-order valence-corrected chi connectivity index (χ3v) is 3.67. The van der Waals surface area contributed by atoms with Crippen LogP contribution in [0.5, 0.6) is 0 Å². The fraction of sp³-hybridized carbons (Fsp3) is 0.333. The van der Waals surface area contributed by atoms with Crippen LogP contribution in [0.3, 0.4) is 0 Å². The van der Waals surface area contributed by atoms with Crippen molar-refractivity contribution in [2.24, 2.45) is 0 Å². The van der Waals surface area contributed by atoms with Gasteiger partial charge in [-0.2, -0.15) is 0 Å². The molecule has 0 radical (unpaired) electrons. The van der Waals surface area contributed by atoms with Gasteiger partial charge in [-0.15, -0.1) is 0 Å². The van der Waals surface area contributed by atoms with Gasteiger partial charge in [-0.1, -0.05) is 18.5 Å². The SMILES string of the molecule is CCCNS(=O)(=O)c1ccc(F)cc1Cl. The van der Waals surface area contributed by atoms with Crippen molar-refractivity contribution in [1.82, 2.24) is 4.72 Å². The average Bonchev–Trinajstić information content (AvgIpc) is 2.14. The molecule has 0 aliphatic heterocycles. The Labute approximate surface area is 93.3 Å². The molecule has 0 saturated carbocycles. The maximum absolute atomic E-state index is 12.7. The summed E-state index contributed by atoms with van der Waals surface area (Å²) in [5, 5.41) is -0.112. The molecule has 1 rings (SSSR count). The molecule has 15 heavy (non-hydrogen) atoms. The summed E-state index contributed by atoms with van der Waals surface area (Å²) in [7, 11) is -3.62. The van der Waals surface area contributed by atoms with Gasteiger partial charge in [0.25, 0.3) is 0 Å². The Kier molecular flexibility index (Phi) is 4.07. The first-order chi connectivity index (χ1) is 6.97. The molecular formula is C9H11ClFNO2S. The van der Waals surface area contributed by atoms with Gasteiger partial charge < -0.3 is 0 Å². The molecule has 0 fully saturated rings. The molecule has 0 bridgehead atoms. The molecule has 1 aromatic carbocycles. The minimum Gasteiger partial charge on any atom is -0.211 e. The zero-order valence-electron chi connectivity index (χ0n) is 8.13. The van der Waals surface area contributed by atoms with E-state index in [-0.39, 0.29) is 9.92 Å². The summed E-state index contributed by atoms with van der Waals surface area (Å²) in [6, 6.07) is 3.18. The van der Waals surface area contributed by atoms with Crippen molar-refractivity contribution < 1.29 is 12.8 Å². The molecule has 1 aromatic rings. The number of rotatable bonds is 4. The Morgan fingerprint density at radius 2 is 2.13 bits per heavy atom. The van der Waals surface area contributed by atoms with Crippen LogP contribution in [0.4, 0.5) is 4.39 Å². The van der Waals surface area contributed by atoms with E-state index in [0.29, 0.717) is 13.0 Å². The second kappa shape index (κ2) is 4.92. The fourth-order valence-corrected chi connectivity index (χ4v) is 2.67. The van der Waals surface area contributed by atoms with E-state index in [2.05, 4.69) is 4.72 Å². The Hall–Kier alpha value is -0.650. The molecule has 0 aliphatic carbocycles. The topological polar surface area (TPSA) is 46.2 Å². The molecule has 0 spiro atoms. The van der Waals surface area contributed by atoms with Gasteiger partial charge in [-0.25, -0.2) is 17.5 Å². The van der Waals surface area contributed by atoms with Gasteiger partial charge in [0.2, 0.25) is 10.0 Å². The van der Waals surface area contributed by atoms with E-state index in [1.54, 1.807) is 0 Å². The molecule has 0 unspecified atom stereocenters. The Morgan fingerprint density at radius 1 is 1.47 bits per heavy atom. The fourth-order valence-electron chi connectivity index (χ4n) is 1.01. The predicted octanol–water partition coefficient (Wildman–Crippen LogP) is 2.17. The quantitative estimate of drug-likeness (QED) is 0.892. The molecule has 0 aliphatic rings. The van der Waals surface area contributed by atoms with Crippen molar-refractivity contribution >= 4 is 21.6 Å². The van der Waals surface area contributed by atoms with Crippen LogP contribution in [-0.4, -0.2) is 15.0 Å². The highest BCUT2D eigenvalue weighted by atomic mass is 35.5. The number of hydrogen-bond acceptors (Lipinski definition) is 2. The first kappa shape index (κ1) is 12.4. The zero-order valence-corrected chi connectivity index (χ0v) is 9.70. The van der Waals surface area contributed by atoms with Gasteiger partial charge in [0.15, 0.2) is 0 Å². The molecule has 0 atom stereocenters. The van der Waals surface area contributed by atoms with Crippen LogP contribution in [0.15, 0.2) is 23.1 Å². The van der Waals surface area contributed by atoms with Crippen LogP contribution < -0.4 is 4.72 Å². The van der Waals surface area contributed by atoms with Crippen LogP contribution in [0.1, 0.15) is 13.3 Å². The Morgan fingerprint density at radius 3 is 2.67 bits per heavy atom. The lowest BCUT2D eigenvalue weighted by Gasteiger charge is -2.06. The van der Waals surface area contributed by atoms with E-state index in [1.807, 2.05) is 6.92 Å². The van der Waals surface area contributed by atoms with Crippen LogP contribution >= 0.6 is 11.6 Å². The number of halogens is 2. The third kappa shape index (κ3) is 3.15. The van der Waals surface area contributed by atoms with Crippen molar-refractivity contribution in [2.75, 3.05) is 6.54 Å². The zero-order chi connectivity index (χ0) is 11.5. The molecule has 0 saturated heterocycles. The standard InChI is InChI=1S/C9H11ClFNO2S/c1-2-5-12-15(13,14)9-4-3-7(11)6-8(9)10/h3-4,6,12H,2,5H2,1H3.